The van der Waals surface area contributed by atoms with E-state index in [-0.39, 0.29) is 0 Å². The van der Waals surface area contributed by atoms with Crippen molar-refractivity contribution in [3.63, 3.8) is 0 Å². The fraction of sp³-hybridized carbons (Fsp3) is 0.250. The summed E-state index contributed by atoms with van der Waals surface area (Å²) in [7, 11) is 0. The molecule has 1 atom stereocenters. The highest BCUT2D eigenvalue weighted by Crippen LogP contribution is 2.21. The predicted molar refractivity (Wildman–Crippen MR) is 106 cm³/mol. The summed E-state index contributed by atoms with van der Waals surface area (Å²) in [5, 5.41) is 0. The van der Waals surface area contributed by atoms with Crippen LogP contribution in [0, 0.1) is 31.6 Å². The Hall–Kier alpha value is -2.52. The van der Waals surface area contributed by atoms with Crippen molar-refractivity contribution in [1.29, 1.82) is 0 Å². The third-order valence-corrected chi connectivity index (χ3v) is 4.09. The van der Waals surface area contributed by atoms with Gasteiger partial charge in [-0.2, -0.15) is 0 Å². The lowest BCUT2D eigenvalue weighted by Crippen LogP contribution is -1.99. The average molecular weight is 314 g/mol. The van der Waals surface area contributed by atoms with Gasteiger partial charge in [0.15, 0.2) is 0 Å². The molecule has 2 aromatic carbocycles. The van der Waals surface area contributed by atoms with Gasteiger partial charge < -0.3 is 0 Å². The highest BCUT2D eigenvalue weighted by Gasteiger charge is 2.08. The van der Waals surface area contributed by atoms with E-state index in [0.717, 1.165) is 24.0 Å². The Balaban J connectivity index is 2.37. The van der Waals surface area contributed by atoms with E-state index in [4.69, 9.17) is 0 Å². The Morgan fingerprint density at radius 2 is 1.58 bits per heavy atom. The van der Waals surface area contributed by atoms with Crippen molar-refractivity contribution in [3.8, 4) is 11.8 Å². The topological polar surface area (TPSA) is 0 Å². The van der Waals surface area contributed by atoms with Crippen molar-refractivity contribution in [2.24, 2.45) is 5.92 Å². The van der Waals surface area contributed by atoms with Gasteiger partial charge in [0.2, 0.25) is 0 Å². The van der Waals surface area contributed by atoms with Crippen molar-refractivity contribution in [2.45, 2.75) is 33.6 Å². The lowest BCUT2D eigenvalue weighted by atomic mass is 9.92. The summed E-state index contributed by atoms with van der Waals surface area (Å²) in [4.78, 5) is 0. The van der Waals surface area contributed by atoms with Crippen LogP contribution in [0.1, 0.15) is 42.0 Å². The standard InChI is InChI=1S/C24H26/c1-5-7-23(6-2)24(18-22-14-10-20(4)11-15-22)17-16-21-12-8-19(3)9-13-21/h6,8-15,18,23H,2,5,7H2,1,3-4H3/b24-18+/t23-/m0/s1. The molecule has 0 spiro atoms. The molecule has 0 heterocycles. The molecule has 0 heteroatoms. The van der Waals surface area contributed by atoms with E-state index in [9.17, 15) is 0 Å². The molecule has 0 saturated heterocycles. The van der Waals surface area contributed by atoms with Crippen LogP contribution in [0.25, 0.3) is 6.08 Å². The quantitative estimate of drug-likeness (QED) is 0.446. The maximum absolute atomic E-state index is 4.01. The third-order valence-electron chi connectivity index (χ3n) is 4.09. The lowest BCUT2D eigenvalue weighted by molar-refractivity contribution is 0.677. The minimum Gasteiger partial charge on any atom is -0.102 e. The van der Waals surface area contributed by atoms with Crippen LogP contribution < -0.4 is 0 Å². The monoisotopic (exact) mass is 314 g/mol. The first-order chi connectivity index (χ1) is 11.6. The Morgan fingerprint density at radius 3 is 2.12 bits per heavy atom. The summed E-state index contributed by atoms with van der Waals surface area (Å²) < 4.78 is 0. The van der Waals surface area contributed by atoms with Gasteiger partial charge >= 0.3 is 0 Å². The highest BCUT2D eigenvalue weighted by atomic mass is 14.1. The van der Waals surface area contributed by atoms with E-state index in [2.05, 4.69) is 93.8 Å². The number of hydrogen-bond donors (Lipinski definition) is 0. The maximum atomic E-state index is 4.01. The van der Waals surface area contributed by atoms with E-state index in [0.29, 0.717) is 5.92 Å². The molecule has 0 aromatic heterocycles. The molecule has 0 amide bonds. The average Bonchev–Trinajstić information content (AvgIpc) is 2.60. The summed E-state index contributed by atoms with van der Waals surface area (Å²) in [6, 6.07) is 16.9. The molecule has 0 saturated carbocycles. The van der Waals surface area contributed by atoms with Crippen molar-refractivity contribution < 1.29 is 0 Å². The zero-order valence-corrected chi connectivity index (χ0v) is 15.0. The van der Waals surface area contributed by atoms with Crippen LogP contribution in [0.2, 0.25) is 0 Å². The molecule has 0 radical (unpaired) electrons. The summed E-state index contributed by atoms with van der Waals surface area (Å²) in [6.07, 6.45) is 6.41. The summed E-state index contributed by atoms with van der Waals surface area (Å²) in [5.74, 6) is 7.01. The van der Waals surface area contributed by atoms with Crippen molar-refractivity contribution in [2.75, 3.05) is 0 Å². The van der Waals surface area contributed by atoms with Gasteiger partial charge in [-0.1, -0.05) is 78.8 Å². The van der Waals surface area contributed by atoms with Gasteiger partial charge in [0.05, 0.1) is 0 Å². The van der Waals surface area contributed by atoms with Gasteiger partial charge in [0.1, 0.15) is 0 Å². The fourth-order valence-electron chi connectivity index (χ4n) is 2.57. The van der Waals surface area contributed by atoms with E-state index in [1.165, 1.54) is 16.7 Å². The second-order valence-corrected chi connectivity index (χ2v) is 6.26. The molecule has 0 unspecified atom stereocenters. The first-order valence-electron chi connectivity index (χ1n) is 8.62. The smallest absolute Gasteiger partial charge is 0.0249 e. The molecule has 24 heavy (non-hydrogen) atoms. The minimum absolute atomic E-state index is 0.300. The number of benzene rings is 2. The zero-order valence-electron chi connectivity index (χ0n) is 15.0. The van der Waals surface area contributed by atoms with E-state index in [1.54, 1.807) is 0 Å². The first-order valence-corrected chi connectivity index (χ1v) is 8.62. The molecule has 2 aromatic rings. The molecule has 0 aliphatic heterocycles. The summed E-state index contributed by atoms with van der Waals surface area (Å²) >= 11 is 0. The van der Waals surface area contributed by atoms with Gasteiger partial charge in [0.25, 0.3) is 0 Å². The largest absolute Gasteiger partial charge is 0.102 e. The molecule has 0 aliphatic rings. The van der Waals surface area contributed by atoms with Crippen LogP contribution in [-0.4, -0.2) is 0 Å². The van der Waals surface area contributed by atoms with Crippen molar-refractivity contribution in [1.82, 2.24) is 0 Å². The first kappa shape index (κ1) is 17.8. The Morgan fingerprint density at radius 1 is 1.00 bits per heavy atom. The normalized spacial score (nSPS) is 12.2. The van der Waals surface area contributed by atoms with Crippen LogP contribution in [0.3, 0.4) is 0 Å². The molecule has 0 N–H and O–H groups in total. The van der Waals surface area contributed by atoms with Gasteiger partial charge in [-0.3, -0.25) is 0 Å². The molecule has 0 bridgehead atoms. The molecule has 0 fully saturated rings. The fourth-order valence-corrected chi connectivity index (χ4v) is 2.57. The Bertz CT molecular complexity index is 746. The van der Waals surface area contributed by atoms with Crippen molar-refractivity contribution >= 4 is 6.08 Å². The van der Waals surface area contributed by atoms with Crippen LogP contribution in [-0.2, 0) is 0 Å². The van der Waals surface area contributed by atoms with Crippen molar-refractivity contribution in [3.05, 3.63) is 89.0 Å². The summed E-state index contributed by atoms with van der Waals surface area (Å²) in [6.45, 7) is 10.4. The van der Waals surface area contributed by atoms with Gasteiger partial charge in [-0.25, -0.2) is 0 Å². The SMILES string of the molecule is C=C[C@@H](CCC)/C(C#Cc1ccc(C)cc1)=C/c1ccc(C)cc1. The minimum atomic E-state index is 0.300. The van der Waals surface area contributed by atoms with Crippen LogP contribution >= 0.6 is 0 Å². The van der Waals surface area contributed by atoms with Crippen LogP contribution in [0.5, 0.6) is 0 Å². The van der Waals surface area contributed by atoms with E-state index < -0.39 is 0 Å². The van der Waals surface area contributed by atoms with Gasteiger partial charge in [-0.15, -0.1) is 6.58 Å². The number of rotatable bonds is 5. The van der Waals surface area contributed by atoms with Gasteiger partial charge in [0, 0.05) is 17.1 Å². The molecule has 122 valence electrons. The van der Waals surface area contributed by atoms with Crippen LogP contribution in [0.15, 0.2) is 66.8 Å². The molecular formula is C24H26. The van der Waals surface area contributed by atoms with E-state index in [1.807, 2.05) is 6.08 Å². The third kappa shape index (κ3) is 5.28. The number of aryl methyl sites for hydroxylation is 2. The number of allylic oxidation sites excluding steroid dienone is 2. The van der Waals surface area contributed by atoms with Crippen LogP contribution in [0.4, 0.5) is 0 Å². The number of hydrogen-bond acceptors (Lipinski definition) is 0. The van der Waals surface area contributed by atoms with E-state index >= 15 is 0 Å². The zero-order chi connectivity index (χ0) is 17.4. The predicted octanol–water partition coefficient (Wildman–Crippen LogP) is 6.34. The molecule has 0 aliphatic carbocycles. The Kier molecular flexibility index (Phi) is 6.64. The highest BCUT2D eigenvalue weighted by molar-refractivity contribution is 5.61. The molecular weight excluding hydrogens is 288 g/mol. The summed E-state index contributed by atoms with van der Waals surface area (Å²) in [5.41, 5.74) is 5.90. The molecule has 0 nitrogen and oxygen atoms in total. The second kappa shape index (κ2) is 8.94. The van der Waals surface area contributed by atoms with Gasteiger partial charge in [-0.05, 0) is 44.0 Å². The molecule has 2 rings (SSSR count). The Labute approximate surface area is 146 Å². The lowest BCUT2D eigenvalue weighted by Gasteiger charge is -2.11. The maximum Gasteiger partial charge on any atom is 0.0249 e. The second-order valence-electron chi connectivity index (χ2n) is 6.26.